The molecule has 1 heterocycles. The molecule has 0 unspecified atom stereocenters. The molecular weight excluding hydrogens is 413 g/mol. The molecule has 2 aromatic rings. The van der Waals surface area contributed by atoms with Gasteiger partial charge in [-0.25, -0.2) is 0 Å². The average molecular weight is 434 g/mol. The molecule has 1 aromatic heterocycles. The monoisotopic (exact) mass is 433 g/mol. The van der Waals surface area contributed by atoms with E-state index in [1.165, 1.54) is 5.56 Å². The molecule has 120 valence electrons. The summed E-state index contributed by atoms with van der Waals surface area (Å²) < 4.78 is 1.89. The summed E-state index contributed by atoms with van der Waals surface area (Å²) in [6.07, 6.45) is 3.73. The fraction of sp³-hybridized carbons (Fsp3) is 0.333. The topological polar surface area (TPSA) is 45.5 Å². The molecule has 5 nitrogen and oxygen atoms in total. The van der Waals surface area contributed by atoms with Crippen LogP contribution in [0.1, 0.15) is 5.56 Å². The number of hydrogen-bond acceptors (Lipinski definition) is 2. The second-order valence-electron chi connectivity index (χ2n) is 4.73. The van der Waals surface area contributed by atoms with E-state index < -0.39 is 0 Å². The first-order valence-corrected chi connectivity index (χ1v) is 7.20. The number of halogens is 2. The van der Waals surface area contributed by atoms with Gasteiger partial charge in [-0.3, -0.25) is 9.67 Å². The van der Waals surface area contributed by atoms with Crippen molar-refractivity contribution >= 4 is 41.5 Å². The van der Waals surface area contributed by atoms with Gasteiger partial charge in [0.1, 0.15) is 0 Å². The van der Waals surface area contributed by atoms with Crippen molar-refractivity contribution in [3.8, 4) is 0 Å². The van der Waals surface area contributed by atoms with Gasteiger partial charge in [0, 0.05) is 44.6 Å². The Balaban J connectivity index is 0.00000242. The van der Waals surface area contributed by atoms with Crippen LogP contribution in [-0.4, -0.2) is 41.3 Å². The Bertz CT molecular complexity index is 568. The zero-order valence-electron chi connectivity index (χ0n) is 12.7. The van der Waals surface area contributed by atoms with Gasteiger partial charge in [-0.15, -0.1) is 24.0 Å². The molecule has 2 rings (SSSR count). The summed E-state index contributed by atoms with van der Waals surface area (Å²) >= 11 is 5.90. The van der Waals surface area contributed by atoms with Gasteiger partial charge in [0.25, 0.3) is 0 Å². The number of aromatic nitrogens is 2. The van der Waals surface area contributed by atoms with Crippen molar-refractivity contribution in [2.45, 2.75) is 13.1 Å². The minimum atomic E-state index is 0. The maximum absolute atomic E-state index is 5.90. The van der Waals surface area contributed by atoms with Gasteiger partial charge in [0.15, 0.2) is 5.96 Å². The Hall–Kier alpha value is -1.28. The van der Waals surface area contributed by atoms with E-state index in [0.29, 0.717) is 0 Å². The van der Waals surface area contributed by atoms with E-state index in [4.69, 9.17) is 11.6 Å². The van der Waals surface area contributed by atoms with Crippen LogP contribution >= 0.6 is 35.6 Å². The molecule has 0 atom stereocenters. The Labute approximate surface area is 153 Å². The lowest BCUT2D eigenvalue weighted by molar-refractivity contribution is 0.470. The molecule has 0 spiro atoms. The highest BCUT2D eigenvalue weighted by atomic mass is 127. The highest BCUT2D eigenvalue weighted by Crippen LogP contribution is 2.10. The maximum Gasteiger partial charge on any atom is 0.193 e. The zero-order chi connectivity index (χ0) is 15.1. The molecule has 0 bridgehead atoms. The lowest BCUT2D eigenvalue weighted by Gasteiger charge is -2.22. The van der Waals surface area contributed by atoms with E-state index in [0.717, 1.165) is 30.6 Å². The van der Waals surface area contributed by atoms with Crippen LogP contribution in [0.15, 0.2) is 47.7 Å². The predicted octanol–water partition coefficient (Wildman–Crippen LogP) is 2.86. The van der Waals surface area contributed by atoms with Gasteiger partial charge in [-0.2, -0.15) is 5.10 Å². The highest BCUT2D eigenvalue weighted by Gasteiger charge is 2.06. The third kappa shape index (κ3) is 5.84. The predicted molar refractivity (Wildman–Crippen MR) is 102 cm³/mol. The number of nitrogens with one attached hydrogen (secondary N) is 1. The first-order chi connectivity index (χ1) is 10.2. The molecule has 0 aliphatic rings. The van der Waals surface area contributed by atoms with E-state index in [1.807, 2.05) is 48.3 Å². The Morgan fingerprint density at radius 3 is 2.68 bits per heavy atom. The Kier molecular flexibility index (Phi) is 8.26. The van der Waals surface area contributed by atoms with Crippen LogP contribution in [0.25, 0.3) is 0 Å². The molecule has 0 fully saturated rings. The summed E-state index contributed by atoms with van der Waals surface area (Å²) in [5.41, 5.74) is 1.19. The summed E-state index contributed by atoms with van der Waals surface area (Å²) in [5.74, 6) is 0.858. The van der Waals surface area contributed by atoms with Crippen LogP contribution in [0, 0.1) is 0 Å². The number of hydrogen-bond donors (Lipinski definition) is 1. The number of rotatable bonds is 5. The minimum absolute atomic E-state index is 0. The van der Waals surface area contributed by atoms with Gasteiger partial charge in [0.2, 0.25) is 0 Å². The third-order valence-corrected chi connectivity index (χ3v) is 3.34. The first-order valence-electron chi connectivity index (χ1n) is 6.82. The number of aliphatic imine (C=N–C) groups is 1. The third-order valence-electron chi connectivity index (χ3n) is 3.09. The van der Waals surface area contributed by atoms with Gasteiger partial charge < -0.3 is 10.2 Å². The van der Waals surface area contributed by atoms with Crippen LogP contribution < -0.4 is 5.32 Å². The first kappa shape index (κ1) is 18.8. The second kappa shape index (κ2) is 9.68. The summed E-state index contributed by atoms with van der Waals surface area (Å²) in [6.45, 7) is 2.36. The van der Waals surface area contributed by atoms with Gasteiger partial charge in [0.05, 0.1) is 6.54 Å². The van der Waals surface area contributed by atoms with Crippen molar-refractivity contribution in [1.29, 1.82) is 0 Å². The lowest BCUT2D eigenvalue weighted by Crippen LogP contribution is -2.39. The van der Waals surface area contributed by atoms with Gasteiger partial charge in [-0.1, -0.05) is 23.7 Å². The van der Waals surface area contributed by atoms with E-state index >= 15 is 0 Å². The SMILES string of the molecule is CN=C(NCCn1cccn1)N(C)Cc1ccc(Cl)cc1.I. The van der Waals surface area contributed by atoms with Crippen LogP contribution in [0.3, 0.4) is 0 Å². The molecule has 1 N–H and O–H groups in total. The molecule has 0 aliphatic carbocycles. The molecule has 7 heteroatoms. The fourth-order valence-electron chi connectivity index (χ4n) is 2.04. The maximum atomic E-state index is 5.90. The molecule has 0 radical (unpaired) electrons. The fourth-order valence-corrected chi connectivity index (χ4v) is 2.16. The molecular formula is C15H21ClIN5. The van der Waals surface area contributed by atoms with E-state index in [1.54, 1.807) is 13.2 Å². The highest BCUT2D eigenvalue weighted by molar-refractivity contribution is 14.0. The lowest BCUT2D eigenvalue weighted by atomic mass is 10.2. The average Bonchev–Trinajstić information content (AvgIpc) is 2.99. The molecule has 0 saturated carbocycles. The zero-order valence-corrected chi connectivity index (χ0v) is 15.8. The van der Waals surface area contributed by atoms with Crippen molar-refractivity contribution in [2.24, 2.45) is 4.99 Å². The van der Waals surface area contributed by atoms with Crippen molar-refractivity contribution in [3.05, 3.63) is 53.3 Å². The smallest absolute Gasteiger partial charge is 0.193 e. The molecule has 0 aliphatic heterocycles. The Morgan fingerprint density at radius 1 is 1.36 bits per heavy atom. The van der Waals surface area contributed by atoms with Crippen LogP contribution in [0.5, 0.6) is 0 Å². The van der Waals surface area contributed by atoms with Crippen molar-refractivity contribution in [2.75, 3.05) is 20.6 Å². The van der Waals surface area contributed by atoms with Crippen molar-refractivity contribution < 1.29 is 0 Å². The van der Waals surface area contributed by atoms with Crippen molar-refractivity contribution in [1.82, 2.24) is 20.0 Å². The van der Waals surface area contributed by atoms with E-state index in [-0.39, 0.29) is 24.0 Å². The number of guanidine groups is 1. The molecule has 1 aromatic carbocycles. The van der Waals surface area contributed by atoms with Crippen LogP contribution in [0.2, 0.25) is 5.02 Å². The van der Waals surface area contributed by atoms with E-state index in [2.05, 4.69) is 20.3 Å². The number of benzene rings is 1. The summed E-state index contributed by atoms with van der Waals surface area (Å²) in [5, 5.41) is 8.25. The summed E-state index contributed by atoms with van der Waals surface area (Å²) in [6, 6.07) is 9.77. The van der Waals surface area contributed by atoms with Gasteiger partial charge >= 0.3 is 0 Å². The quantitative estimate of drug-likeness (QED) is 0.448. The van der Waals surface area contributed by atoms with E-state index in [9.17, 15) is 0 Å². The summed E-state index contributed by atoms with van der Waals surface area (Å²) in [7, 11) is 3.80. The Morgan fingerprint density at radius 2 is 2.09 bits per heavy atom. The molecule has 22 heavy (non-hydrogen) atoms. The largest absolute Gasteiger partial charge is 0.354 e. The van der Waals surface area contributed by atoms with Crippen LogP contribution in [0.4, 0.5) is 0 Å². The standard InChI is InChI=1S/C15H20ClN5.HI/c1-17-15(18-9-11-21-10-3-8-19-21)20(2)12-13-4-6-14(16)7-5-13;/h3-8,10H,9,11-12H2,1-2H3,(H,17,18);1H. The van der Waals surface area contributed by atoms with Crippen LogP contribution in [-0.2, 0) is 13.1 Å². The second-order valence-corrected chi connectivity index (χ2v) is 5.16. The summed E-state index contributed by atoms with van der Waals surface area (Å²) in [4.78, 5) is 6.37. The normalized spacial score (nSPS) is 11.0. The van der Waals surface area contributed by atoms with Crippen molar-refractivity contribution in [3.63, 3.8) is 0 Å². The minimum Gasteiger partial charge on any atom is -0.354 e. The molecule has 0 amide bonds. The number of nitrogens with zero attached hydrogens (tertiary/aromatic N) is 4. The molecule has 0 saturated heterocycles. The van der Waals surface area contributed by atoms with Gasteiger partial charge in [-0.05, 0) is 23.8 Å².